The van der Waals surface area contributed by atoms with Crippen molar-refractivity contribution in [1.29, 1.82) is 0 Å². The second-order valence-electron chi connectivity index (χ2n) is 6.42. The lowest BCUT2D eigenvalue weighted by molar-refractivity contribution is -0.145. The summed E-state index contributed by atoms with van der Waals surface area (Å²) in [5.41, 5.74) is -1.37. The molecule has 4 nitrogen and oxygen atoms in total. The normalized spacial score (nSPS) is 12.9. The number of carbonyl (C=O) groups is 2. The maximum Gasteiger partial charge on any atom is 0.416 e. The average molecular weight is 433 g/mol. The van der Waals surface area contributed by atoms with Crippen LogP contribution in [0.3, 0.4) is 0 Å². The van der Waals surface area contributed by atoms with E-state index in [1.54, 1.807) is 0 Å². The molecule has 1 N–H and O–H groups in total. The van der Waals surface area contributed by atoms with E-state index in [0.717, 1.165) is 49.6 Å². The number of amides is 1. The molecule has 0 aliphatic rings. The Morgan fingerprint density at radius 1 is 0.900 bits per heavy atom. The first kappa shape index (κ1) is 23.2. The summed E-state index contributed by atoms with van der Waals surface area (Å²) in [5.74, 6) is -1.58. The quantitative estimate of drug-likeness (QED) is 0.550. The molecule has 0 fully saturated rings. The number of rotatable bonds is 6. The number of ether oxygens (including phenoxy) is 1. The highest BCUT2D eigenvalue weighted by Gasteiger charge is 2.31. The van der Waals surface area contributed by atoms with Crippen molar-refractivity contribution in [3.63, 3.8) is 0 Å². The number of methoxy groups -OCH3 is 1. The second-order valence-corrected chi connectivity index (χ2v) is 6.42. The number of benzene rings is 2. The molecule has 2 aromatic rings. The molecule has 0 bridgehead atoms. The topological polar surface area (TPSA) is 55.4 Å². The summed E-state index contributed by atoms with van der Waals surface area (Å²) in [6.45, 7) is 0. The molecule has 30 heavy (non-hydrogen) atoms. The maximum absolute atomic E-state index is 12.8. The van der Waals surface area contributed by atoms with Crippen LogP contribution in [-0.2, 0) is 39.5 Å². The van der Waals surface area contributed by atoms with Gasteiger partial charge in [-0.25, -0.2) is 4.79 Å². The number of esters is 1. The lowest BCUT2D eigenvalue weighted by Gasteiger charge is -2.17. The molecule has 10 heteroatoms. The average Bonchev–Trinajstić information content (AvgIpc) is 2.66. The fourth-order valence-electron chi connectivity index (χ4n) is 2.69. The number of nitrogens with one attached hydrogen (secondary N) is 1. The Morgan fingerprint density at radius 3 is 2.03 bits per heavy atom. The molecular formula is C20H17F6NO3. The van der Waals surface area contributed by atoms with Crippen LogP contribution in [0.4, 0.5) is 26.3 Å². The van der Waals surface area contributed by atoms with E-state index in [2.05, 4.69) is 10.1 Å². The molecule has 0 heterocycles. The van der Waals surface area contributed by atoms with Crippen molar-refractivity contribution in [3.8, 4) is 0 Å². The van der Waals surface area contributed by atoms with E-state index in [4.69, 9.17) is 0 Å². The van der Waals surface area contributed by atoms with Gasteiger partial charge in [0, 0.05) is 6.42 Å². The fourth-order valence-corrected chi connectivity index (χ4v) is 2.69. The number of alkyl halides is 6. The zero-order valence-corrected chi connectivity index (χ0v) is 15.6. The highest BCUT2D eigenvalue weighted by atomic mass is 19.4. The Kier molecular flexibility index (Phi) is 7.12. The monoisotopic (exact) mass is 433 g/mol. The molecule has 1 atom stereocenters. The van der Waals surface area contributed by atoms with Gasteiger partial charge in [0.2, 0.25) is 5.91 Å². The van der Waals surface area contributed by atoms with E-state index >= 15 is 0 Å². The first-order valence-corrected chi connectivity index (χ1v) is 8.59. The lowest BCUT2D eigenvalue weighted by Crippen LogP contribution is -2.43. The molecule has 0 saturated heterocycles. The Bertz CT molecular complexity index is 891. The van der Waals surface area contributed by atoms with Crippen molar-refractivity contribution in [3.05, 3.63) is 70.8 Å². The number of halogens is 6. The van der Waals surface area contributed by atoms with Crippen molar-refractivity contribution in [2.24, 2.45) is 0 Å². The third-order valence-corrected chi connectivity index (χ3v) is 4.16. The summed E-state index contributed by atoms with van der Waals surface area (Å²) in [6, 6.07) is 6.97. The third-order valence-electron chi connectivity index (χ3n) is 4.16. The molecule has 2 aromatic carbocycles. The Hall–Kier alpha value is -3.04. The first-order chi connectivity index (χ1) is 13.9. The summed E-state index contributed by atoms with van der Waals surface area (Å²) < 4.78 is 80.9. The minimum atomic E-state index is -4.57. The van der Waals surface area contributed by atoms with Gasteiger partial charge >= 0.3 is 18.3 Å². The van der Waals surface area contributed by atoms with Gasteiger partial charge in [-0.05, 0) is 29.3 Å². The van der Waals surface area contributed by atoms with Gasteiger partial charge in [0.15, 0.2) is 0 Å². The predicted molar refractivity (Wildman–Crippen MR) is 94.2 cm³/mol. The van der Waals surface area contributed by atoms with Crippen LogP contribution in [-0.4, -0.2) is 25.0 Å². The number of hydrogen-bond acceptors (Lipinski definition) is 3. The van der Waals surface area contributed by atoms with Gasteiger partial charge in [-0.2, -0.15) is 26.3 Å². The van der Waals surface area contributed by atoms with Crippen LogP contribution in [0.2, 0.25) is 0 Å². The van der Waals surface area contributed by atoms with Gasteiger partial charge in [-0.3, -0.25) is 4.79 Å². The van der Waals surface area contributed by atoms with E-state index in [0.29, 0.717) is 5.56 Å². The molecule has 162 valence electrons. The first-order valence-electron chi connectivity index (χ1n) is 8.59. The van der Waals surface area contributed by atoms with Crippen molar-refractivity contribution in [1.82, 2.24) is 5.32 Å². The largest absolute Gasteiger partial charge is 0.467 e. The van der Waals surface area contributed by atoms with Crippen LogP contribution in [0.15, 0.2) is 48.5 Å². The third kappa shape index (κ3) is 6.50. The van der Waals surface area contributed by atoms with Gasteiger partial charge < -0.3 is 10.1 Å². The van der Waals surface area contributed by atoms with E-state index in [1.165, 1.54) is 6.07 Å². The maximum atomic E-state index is 12.8. The van der Waals surface area contributed by atoms with Crippen molar-refractivity contribution < 1.29 is 40.7 Å². The van der Waals surface area contributed by atoms with Gasteiger partial charge in [0.1, 0.15) is 6.04 Å². The van der Waals surface area contributed by atoms with E-state index in [-0.39, 0.29) is 12.0 Å². The van der Waals surface area contributed by atoms with Gasteiger partial charge in [0.05, 0.1) is 24.7 Å². The molecule has 0 aliphatic heterocycles. The van der Waals surface area contributed by atoms with E-state index < -0.39 is 47.8 Å². The smallest absolute Gasteiger partial charge is 0.416 e. The summed E-state index contributed by atoms with van der Waals surface area (Å²) in [5, 5.41) is 2.35. The van der Waals surface area contributed by atoms with Crippen molar-refractivity contribution >= 4 is 11.9 Å². The zero-order valence-electron chi connectivity index (χ0n) is 15.6. The Labute approximate surface area is 167 Å². The van der Waals surface area contributed by atoms with Crippen LogP contribution >= 0.6 is 0 Å². The summed E-state index contributed by atoms with van der Waals surface area (Å²) in [4.78, 5) is 24.2. The Morgan fingerprint density at radius 2 is 1.50 bits per heavy atom. The summed E-state index contributed by atoms with van der Waals surface area (Å²) in [7, 11) is 1.07. The predicted octanol–water partition coefficient (Wildman–Crippen LogP) is 4.17. The molecule has 0 unspecified atom stereocenters. The number of carbonyl (C=O) groups excluding carboxylic acids is 2. The van der Waals surface area contributed by atoms with Gasteiger partial charge in [-0.1, -0.05) is 30.3 Å². The molecule has 1 amide bonds. The van der Waals surface area contributed by atoms with E-state index in [1.807, 2.05) is 0 Å². The Balaban J connectivity index is 2.09. The summed E-state index contributed by atoms with van der Waals surface area (Å²) in [6.07, 6.45) is -9.66. The zero-order chi connectivity index (χ0) is 22.5. The van der Waals surface area contributed by atoms with Crippen molar-refractivity contribution in [2.45, 2.75) is 31.2 Å². The summed E-state index contributed by atoms with van der Waals surface area (Å²) >= 11 is 0. The standard InChI is InChI=1S/C20H17F6NO3/c1-30-18(29)16(10-12-5-7-14(8-6-12)19(21,22)23)27-17(28)11-13-3-2-4-15(9-13)20(24,25)26/h2-9,16H,10-11H2,1H3,(H,27,28)/t16-/m1/s1. The molecule has 0 saturated carbocycles. The van der Waals surface area contributed by atoms with Gasteiger partial charge in [0.25, 0.3) is 0 Å². The molecule has 0 spiro atoms. The highest BCUT2D eigenvalue weighted by molar-refractivity contribution is 5.85. The van der Waals surface area contributed by atoms with Gasteiger partial charge in [-0.15, -0.1) is 0 Å². The second kappa shape index (κ2) is 9.19. The fraction of sp³-hybridized carbons (Fsp3) is 0.300. The minimum absolute atomic E-state index is 0.0838. The molecule has 0 aliphatic carbocycles. The van der Waals surface area contributed by atoms with Crippen LogP contribution < -0.4 is 5.32 Å². The SMILES string of the molecule is COC(=O)[C@@H](Cc1ccc(C(F)(F)F)cc1)NC(=O)Cc1cccc(C(F)(F)F)c1. The van der Waals surface area contributed by atoms with Crippen LogP contribution in [0.25, 0.3) is 0 Å². The van der Waals surface area contributed by atoms with Crippen LogP contribution in [0.5, 0.6) is 0 Å². The molecular weight excluding hydrogens is 416 g/mol. The molecule has 0 radical (unpaired) electrons. The number of hydrogen-bond donors (Lipinski definition) is 1. The molecule has 2 rings (SSSR count). The van der Waals surface area contributed by atoms with Crippen LogP contribution in [0, 0.1) is 0 Å². The minimum Gasteiger partial charge on any atom is -0.467 e. The van der Waals surface area contributed by atoms with Crippen molar-refractivity contribution in [2.75, 3.05) is 7.11 Å². The lowest BCUT2D eigenvalue weighted by atomic mass is 10.0. The van der Waals surface area contributed by atoms with E-state index in [9.17, 15) is 35.9 Å². The molecule has 0 aromatic heterocycles. The highest BCUT2D eigenvalue weighted by Crippen LogP contribution is 2.30. The van der Waals surface area contributed by atoms with Crippen LogP contribution in [0.1, 0.15) is 22.3 Å².